The van der Waals surface area contributed by atoms with Gasteiger partial charge in [-0.3, -0.25) is 4.99 Å². The van der Waals surface area contributed by atoms with E-state index in [1.54, 1.807) is 19.2 Å². The van der Waals surface area contributed by atoms with Gasteiger partial charge in [0, 0.05) is 39.3 Å². The lowest BCUT2D eigenvalue weighted by Crippen LogP contribution is -2.44. The van der Waals surface area contributed by atoms with Crippen molar-refractivity contribution in [3.05, 3.63) is 59.7 Å². The molecule has 1 fully saturated rings. The normalized spacial score (nSPS) is 16.1. The van der Waals surface area contributed by atoms with Crippen LogP contribution >= 0.6 is 24.0 Å². The molecule has 32 heavy (non-hydrogen) atoms. The van der Waals surface area contributed by atoms with Crippen molar-refractivity contribution in [3.63, 3.8) is 0 Å². The van der Waals surface area contributed by atoms with Gasteiger partial charge in [-0.25, -0.2) is 0 Å². The highest BCUT2D eigenvalue weighted by molar-refractivity contribution is 14.0. The molecule has 0 amide bonds. The highest BCUT2D eigenvalue weighted by Crippen LogP contribution is 2.31. The zero-order valence-electron chi connectivity index (χ0n) is 18.4. The van der Waals surface area contributed by atoms with E-state index in [1.165, 1.54) is 0 Å². The molecule has 1 heterocycles. The molecule has 1 saturated heterocycles. The van der Waals surface area contributed by atoms with E-state index in [1.807, 2.05) is 19.1 Å². The molecule has 0 spiro atoms. The largest absolute Gasteiger partial charge is 0.433 e. The minimum atomic E-state index is -2.84. The molecule has 1 unspecified atom stereocenters. The summed E-state index contributed by atoms with van der Waals surface area (Å²) in [5.41, 5.74) is 2.98. The summed E-state index contributed by atoms with van der Waals surface area (Å²) in [5, 5.41) is 6.76. The van der Waals surface area contributed by atoms with E-state index < -0.39 is 6.61 Å². The van der Waals surface area contributed by atoms with E-state index in [0.29, 0.717) is 38.0 Å². The van der Waals surface area contributed by atoms with Crippen molar-refractivity contribution in [3.8, 4) is 5.75 Å². The average molecular weight is 560 g/mol. The zero-order valence-corrected chi connectivity index (χ0v) is 20.7. The van der Waals surface area contributed by atoms with E-state index >= 15 is 0 Å². The minimum Gasteiger partial charge on any atom is -0.433 e. The maximum atomic E-state index is 12.7. The molecule has 1 aliphatic heterocycles. The average Bonchev–Trinajstić information content (AvgIpc) is 3.24. The van der Waals surface area contributed by atoms with E-state index in [9.17, 15) is 8.78 Å². The summed E-state index contributed by atoms with van der Waals surface area (Å²) in [6.07, 6.45) is 0.871. The molecule has 3 rings (SSSR count). The van der Waals surface area contributed by atoms with Gasteiger partial charge in [-0.1, -0.05) is 36.4 Å². The summed E-state index contributed by atoms with van der Waals surface area (Å²) in [7, 11) is 1.74. The minimum absolute atomic E-state index is 0. The Hall–Kier alpha value is -2.14. The number of hydrogen-bond acceptors (Lipinski definition) is 4. The van der Waals surface area contributed by atoms with Crippen LogP contribution in [0.3, 0.4) is 0 Å². The Bertz CT molecular complexity index is 852. The smallest absolute Gasteiger partial charge is 0.387 e. The van der Waals surface area contributed by atoms with Crippen LogP contribution in [0.15, 0.2) is 53.5 Å². The summed E-state index contributed by atoms with van der Waals surface area (Å²) >= 11 is 0. The van der Waals surface area contributed by atoms with E-state index in [0.717, 1.165) is 24.1 Å². The second-order valence-corrected chi connectivity index (χ2v) is 7.30. The molecule has 2 aromatic carbocycles. The van der Waals surface area contributed by atoms with Crippen LogP contribution in [0.25, 0.3) is 0 Å². The van der Waals surface area contributed by atoms with Crippen molar-refractivity contribution < 1.29 is 18.3 Å². The Kier molecular flexibility index (Phi) is 10.9. The molecule has 0 bridgehead atoms. The molecule has 9 heteroatoms. The number of nitrogens with one attached hydrogen (secondary N) is 2. The first-order chi connectivity index (χ1) is 15.1. The second-order valence-electron chi connectivity index (χ2n) is 7.30. The lowest BCUT2D eigenvalue weighted by Gasteiger charge is -2.22. The molecular weight excluding hydrogens is 529 g/mol. The molecule has 0 aromatic heterocycles. The Morgan fingerprint density at radius 3 is 2.56 bits per heavy atom. The zero-order chi connectivity index (χ0) is 22.1. The van der Waals surface area contributed by atoms with Gasteiger partial charge in [-0.05, 0) is 36.6 Å². The standard InChI is InChI=1S/C23H30F2N4O2.HI/c1-3-30-16-18-10-8-17(9-11-18)14-27-23(26-2)28-19-12-13-29(15-19)20-6-4-5-7-21(20)31-22(24)25;/h4-11,19,22H,3,12-16H2,1-2H3,(H2,26,27,28);1H. The topological polar surface area (TPSA) is 58.1 Å². The molecule has 176 valence electrons. The highest BCUT2D eigenvalue weighted by Gasteiger charge is 2.26. The van der Waals surface area contributed by atoms with Crippen LogP contribution in [0.2, 0.25) is 0 Å². The first kappa shape index (κ1) is 26.1. The number of guanidine groups is 1. The molecule has 2 N–H and O–H groups in total. The van der Waals surface area contributed by atoms with Crippen LogP contribution in [-0.4, -0.2) is 45.4 Å². The van der Waals surface area contributed by atoms with Crippen molar-refractivity contribution in [1.29, 1.82) is 0 Å². The number of anilines is 1. The first-order valence-corrected chi connectivity index (χ1v) is 10.5. The molecule has 0 saturated carbocycles. The quantitative estimate of drug-likeness (QED) is 0.271. The van der Waals surface area contributed by atoms with Gasteiger partial charge in [-0.15, -0.1) is 24.0 Å². The molecule has 0 aliphatic carbocycles. The fraction of sp³-hybridized carbons (Fsp3) is 0.435. The summed E-state index contributed by atoms with van der Waals surface area (Å²) in [6, 6.07) is 15.3. The van der Waals surface area contributed by atoms with Gasteiger partial charge in [0.2, 0.25) is 0 Å². The van der Waals surface area contributed by atoms with Crippen LogP contribution in [0.5, 0.6) is 5.75 Å². The fourth-order valence-electron chi connectivity index (χ4n) is 3.56. The van der Waals surface area contributed by atoms with Gasteiger partial charge in [0.1, 0.15) is 5.75 Å². The van der Waals surface area contributed by atoms with Gasteiger partial charge in [-0.2, -0.15) is 8.78 Å². The van der Waals surface area contributed by atoms with Crippen molar-refractivity contribution in [2.75, 3.05) is 31.6 Å². The number of alkyl halides is 2. The summed E-state index contributed by atoms with van der Waals surface area (Å²) in [4.78, 5) is 6.37. The number of hydrogen-bond donors (Lipinski definition) is 2. The number of rotatable bonds is 9. The molecule has 1 aliphatic rings. The maximum Gasteiger partial charge on any atom is 0.387 e. The summed E-state index contributed by atoms with van der Waals surface area (Å²) in [6.45, 7) is 2.54. The number of benzene rings is 2. The van der Waals surface area contributed by atoms with E-state index in [2.05, 4.69) is 49.5 Å². The van der Waals surface area contributed by atoms with Gasteiger partial charge in [0.05, 0.1) is 12.3 Å². The molecular formula is C23H31F2IN4O2. The lowest BCUT2D eigenvalue weighted by atomic mass is 10.1. The third-order valence-corrected chi connectivity index (χ3v) is 5.13. The number of aliphatic imine (C=N–C) groups is 1. The summed E-state index contributed by atoms with van der Waals surface area (Å²) < 4.78 is 35.5. The third kappa shape index (κ3) is 7.77. The van der Waals surface area contributed by atoms with Crippen LogP contribution < -0.4 is 20.3 Å². The van der Waals surface area contributed by atoms with Gasteiger partial charge < -0.3 is 25.0 Å². The monoisotopic (exact) mass is 560 g/mol. The number of para-hydroxylation sites is 2. The SMILES string of the molecule is CCOCc1ccc(CNC(=NC)NC2CCN(c3ccccc3OC(F)F)C2)cc1.I. The van der Waals surface area contributed by atoms with Crippen molar-refractivity contribution in [1.82, 2.24) is 10.6 Å². The Morgan fingerprint density at radius 1 is 1.16 bits per heavy atom. The van der Waals surface area contributed by atoms with Crippen LogP contribution in [-0.2, 0) is 17.9 Å². The van der Waals surface area contributed by atoms with Gasteiger partial charge >= 0.3 is 6.61 Å². The first-order valence-electron chi connectivity index (χ1n) is 10.5. The number of nitrogens with zero attached hydrogens (tertiary/aromatic N) is 2. The predicted molar refractivity (Wildman–Crippen MR) is 134 cm³/mol. The van der Waals surface area contributed by atoms with Gasteiger partial charge in [0.15, 0.2) is 5.96 Å². The van der Waals surface area contributed by atoms with Crippen LogP contribution in [0.1, 0.15) is 24.5 Å². The highest BCUT2D eigenvalue weighted by atomic mass is 127. The Morgan fingerprint density at radius 2 is 1.88 bits per heavy atom. The summed E-state index contributed by atoms with van der Waals surface area (Å²) in [5.74, 6) is 0.913. The molecule has 6 nitrogen and oxygen atoms in total. The fourth-order valence-corrected chi connectivity index (χ4v) is 3.56. The van der Waals surface area contributed by atoms with E-state index in [-0.39, 0.29) is 35.8 Å². The second kappa shape index (κ2) is 13.4. The van der Waals surface area contributed by atoms with Crippen molar-refractivity contribution >= 4 is 35.6 Å². The maximum absolute atomic E-state index is 12.7. The van der Waals surface area contributed by atoms with Crippen LogP contribution in [0.4, 0.5) is 14.5 Å². The lowest BCUT2D eigenvalue weighted by molar-refractivity contribution is -0.0495. The van der Waals surface area contributed by atoms with E-state index in [4.69, 9.17) is 4.74 Å². The van der Waals surface area contributed by atoms with Gasteiger partial charge in [0.25, 0.3) is 0 Å². The molecule has 0 radical (unpaired) electrons. The third-order valence-electron chi connectivity index (χ3n) is 5.13. The Labute approximate surface area is 205 Å². The van der Waals surface area contributed by atoms with Crippen molar-refractivity contribution in [2.24, 2.45) is 4.99 Å². The van der Waals surface area contributed by atoms with Crippen molar-refractivity contribution in [2.45, 2.75) is 39.1 Å². The molecule has 2 aromatic rings. The molecule has 1 atom stereocenters. The predicted octanol–water partition coefficient (Wildman–Crippen LogP) is 4.39. The van der Waals surface area contributed by atoms with Crippen LogP contribution in [0, 0.1) is 0 Å². The number of halogens is 3. The number of ether oxygens (including phenoxy) is 2. The Balaban J connectivity index is 0.00000363.